The van der Waals surface area contributed by atoms with Gasteiger partial charge >= 0.3 is 0 Å². The fraction of sp³-hybridized carbons (Fsp3) is 0.583. The smallest absolute Gasteiger partial charge is 0.240 e. The van der Waals surface area contributed by atoms with Crippen molar-refractivity contribution in [2.45, 2.75) is 44.2 Å². The third kappa shape index (κ3) is 2.44. The van der Waals surface area contributed by atoms with Crippen LogP contribution in [-0.4, -0.2) is 17.5 Å². The second kappa shape index (κ2) is 4.55. The third-order valence-electron chi connectivity index (χ3n) is 3.20. The van der Waals surface area contributed by atoms with Crippen molar-refractivity contribution in [3.8, 4) is 0 Å². The fourth-order valence-corrected chi connectivity index (χ4v) is 2.65. The molecule has 0 bridgehead atoms. The molecular formula is C12H18N2OS. The molecule has 1 unspecified atom stereocenters. The van der Waals surface area contributed by atoms with E-state index in [-0.39, 0.29) is 11.9 Å². The molecule has 16 heavy (non-hydrogen) atoms. The second-order valence-electron chi connectivity index (χ2n) is 4.72. The number of carbonyl (C=O) groups is 1. The average Bonchev–Trinajstić information content (AvgIpc) is 2.66. The van der Waals surface area contributed by atoms with Gasteiger partial charge in [-0.3, -0.25) is 4.79 Å². The van der Waals surface area contributed by atoms with Crippen LogP contribution in [0.2, 0.25) is 0 Å². The van der Waals surface area contributed by atoms with Gasteiger partial charge in [-0.05, 0) is 55.0 Å². The molecule has 1 saturated carbocycles. The number of hydrogen-bond acceptors (Lipinski definition) is 3. The topological polar surface area (TPSA) is 55.1 Å². The maximum absolute atomic E-state index is 11.9. The quantitative estimate of drug-likeness (QED) is 0.838. The van der Waals surface area contributed by atoms with E-state index in [0.29, 0.717) is 0 Å². The Labute approximate surface area is 100 Å². The van der Waals surface area contributed by atoms with E-state index in [1.54, 1.807) is 11.3 Å². The van der Waals surface area contributed by atoms with E-state index >= 15 is 0 Å². The molecule has 88 valence electrons. The summed E-state index contributed by atoms with van der Waals surface area (Å²) in [5, 5.41) is 7.17. The van der Waals surface area contributed by atoms with E-state index in [0.717, 1.165) is 25.7 Å². The number of rotatable bonds is 4. The SMILES string of the molecule is CC(Cc1ccsc1)NC(=O)C1(N)CCC1. The molecule has 3 N–H and O–H groups in total. The zero-order valence-electron chi connectivity index (χ0n) is 9.53. The summed E-state index contributed by atoms with van der Waals surface area (Å²) < 4.78 is 0. The fourth-order valence-electron chi connectivity index (χ4n) is 1.97. The molecule has 2 rings (SSSR count). The first-order valence-corrected chi connectivity index (χ1v) is 6.65. The summed E-state index contributed by atoms with van der Waals surface area (Å²) in [7, 11) is 0. The van der Waals surface area contributed by atoms with Gasteiger partial charge in [-0.2, -0.15) is 11.3 Å². The van der Waals surface area contributed by atoms with Gasteiger partial charge in [0.1, 0.15) is 0 Å². The zero-order chi connectivity index (χ0) is 11.6. The van der Waals surface area contributed by atoms with Gasteiger partial charge in [0.25, 0.3) is 0 Å². The molecule has 1 atom stereocenters. The Bertz CT molecular complexity index is 357. The number of amides is 1. The lowest BCUT2D eigenvalue weighted by Gasteiger charge is -2.37. The summed E-state index contributed by atoms with van der Waals surface area (Å²) in [5.41, 5.74) is 6.65. The van der Waals surface area contributed by atoms with E-state index < -0.39 is 5.54 Å². The van der Waals surface area contributed by atoms with Crippen molar-refractivity contribution in [1.29, 1.82) is 0 Å². The summed E-state index contributed by atoms with van der Waals surface area (Å²) in [4.78, 5) is 11.9. The van der Waals surface area contributed by atoms with E-state index in [1.165, 1.54) is 5.56 Å². The van der Waals surface area contributed by atoms with Gasteiger partial charge in [0.15, 0.2) is 0 Å². The summed E-state index contributed by atoms with van der Waals surface area (Å²) in [6.45, 7) is 2.03. The van der Waals surface area contributed by atoms with Crippen molar-refractivity contribution >= 4 is 17.2 Å². The Kier molecular flexibility index (Phi) is 3.30. The Morgan fingerprint density at radius 2 is 2.44 bits per heavy atom. The highest BCUT2D eigenvalue weighted by molar-refractivity contribution is 7.07. The van der Waals surface area contributed by atoms with Gasteiger partial charge in [0, 0.05) is 6.04 Å². The highest BCUT2D eigenvalue weighted by Crippen LogP contribution is 2.29. The molecule has 0 spiro atoms. The van der Waals surface area contributed by atoms with Gasteiger partial charge in [-0.1, -0.05) is 0 Å². The Morgan fingerprint density at radius 3 is 2.94 bits per heavy atom. The summed E-state index contributed by atoms with van der Waals surface area (Å²) >= 11 is 1.68. The Balaban J connectivity index is 1.83. The minimum absolute atomic E-state index is 0.0153. The highest BCUT2D eigenvalue weighted by Gasteiger charge is 2.40. The zero-order valence-corrected chi connectivity index (χ0v) is 10.3. The van der Waals surface area contributed by atoms with Gasteiger partial charge in [0.05, 0.1) is 5.54 Å². The number of hydrogen-bond donors (Lipinski definition) is 2. The van der Waals surface area contributed by atoms with E-state index in [9.17, 15) is 4.79 Å². The molecule has 0 saturated heterocycles. The third-order valence-corrected chi connectivity index (χ3v) is 3.93. The number of thiophene rings is 1. The molecule has 3 nitrogen and oxygen atoms in total. The van der Waals surface area contributed by atoms with Crippen LogP contribution in [0.4, 0.5) is 0 Å². The molecule has 1 amide bonds. The number of carbonyl (C=O) groups excluding carboxylic acids is 1. The van der Waals surface area contributed by atoms with Crippen LogP contribution < -0.4 is 11.1 Å². The van der Waals surface area contributed by atoms with Crippen LogP contribution in [-0.2, 0) is 11.2 Å². The predicted molar refractivity (Wildman–Crippen MR) is 66.4 cm³/mol. The molecule has 1 aliphatic carbocycles. The molecule has 1 aromatic rings. The van der Waals surface area contributed by atoms with Crippen LogP contribution in [0.25, 0.3) is 0 Å². The van der Waals surface area contributed by atoms with Crippen LogP contribution in [0, 0.1) is 0 Å². The predicted octanol–water partition coefficient (Wildman–Crippen LogP) is 1.68. The van der Waals surface area contributed by atoms with Crippen molar-refractivity contribution in [2.75, 3.05) is 0 Å². The molecule has 1 heterocycles. The van der Waals surface area contributed by atoms with E-state index in [1.807, 2.05) is 6.92 Å². The molecule has 0 radical (unpaired) electrons. The first kappa shape index (κ1) is 11.6. The van der Waals surface area contributed by atoms with Crippen molar-refractivity contribution in [3.05, 3.63) is 22.4 Å². The highest BCUT2D eigenvalue weighted by atomic mass is 32.1. The van der Waals surface area contributed by atoms with Gasteiger partial charge in [0.2, 0.25) is 5.91 Å². The lowest BCUT2D eigenvalue weighted by Crippen LogP contribution is -2.60. The first-order chi connectivity index (χ1) is 7.60. The minimum atomic E-state index is -0.580. The van der Waals surface area contributed by atoms with Crippen molar-refractivity contribution < 1.29 is 4.79 Å². The molecular weight excluding hydrogens is 220 g/mol. The largest absolute Gasteiger partial charge is 0.352 e. The summed E-state index contributed by atoms with van der Waals surface area (Å²) in [5.74, 6) is 0.0153. The maximum atomic E-state index is 11.9. The standard InChI is InChI=1S/C12H18N2OS/c1-9(7-10-3-6-16-8-10)14-11(15)12(13)4-2-5-12/h3,6,8-9H,2,4-5,7,13H2,1H3,(H,14,15). The van der Waals surface area contributed by atoms with E-state index in [4.69, 9.17) is 5.73 Å². The maximum Gasteiger partial charge on any atom is 0.240 e. The summed E-state index contributed by atoms with van der Waals surface area (Å²) in [6.07, 6.45) is 3.60. The van der Waals surface area contributed by atoms with Crippen LogP contribution in [0.3, 0.4) is 0 Å². The first-order valence-electron chi connectivity index (χ1n) is 5.71. The minimum Gasteiger partial charge on any atom is -0.352 e. The van der Waals surface area contributed by atoms with Crippen LogP contribution in [0.5, 0.6) is 0 Å². The molecule has 0 aliphatic heterocycles. The van der Waals surface area contributed by atoms with Crippen LogP contribution in [0.15, 0.2) is 16.8 Å². The lowest BCUT2D eigenvalue weighted by molar-refractivity contribution is -0.129. The van der Waals surface area contributed by atoms with Crippen LogP contribution in [0.1, 0.15) is 31.7 Å². The monoisotopic (exact) mass is 238 g/mol. The molecule has 0 aromatic carbocycles. The molecule has 1 fully saturated rings. The van der Waals surface area contributed by atoms with Gasteiger partial charge in [-0.15, -0.1) is 0 Å². The average molecular weight is 238 g/mol. The second-order valence-corrected chi connectivity index (χ2v) is 5.50. The normalized spacial score (nSPS) is 19.9. The van der Waals surface area contributed by atoms with Crippen molar-refractivity contribution in [3.63, 3.8) is 0 Å². The van der Waals surface area contributed by atoms with Gasteiger partial charge < -0.3 is 11.1 Å². The van der Waals surface area contributed by atoms with Crippen molar-refractivity contribution in [1.82, 2.24) is 5.32 Å². The van der Waals surface area contributed by atoms with Gasteiger partial charge in [-0.25, -0.2) is 0 Å². The Morgan fingerprint density at radius 1 is 1.69 bits per heavy atom. The van der Waals surface area contributed by atoms with Crippen molar-refractivity contribution in [2.24, 2.45) is 5.73 Å². The molecule has 1 aromatic heterocycles. The van der Waals surface area contributed by atoms with Crippen LogP contribution >= 0.6 is 11.3 Å². The molecule has 1 aliphatic rings. The number of nitrogens with two attached hydrogens (primary N) is 1. The Hall–Kier alpha value is -0.870. The lowest BCUT2D eigenvalue weighted by atomic mass is 9.77. The number of nitrogens with one attached hydrogen (secondary N) is 1. The molecule has 4 heteroatoms. The van der Waals surface area contributed by atoms with E-state index in [2.05, 4.69) is 22.1 Å². The summed E-state index contributed by atoms with van der Waals surface area (Å²) in [6, 6.07) is 2.25.